The van der Waals surface area contributed by atoms with Gasteiger partial charge in [0.05, 0.1) is 15.9 Å². The maximum atomic E-state index is 12.8. The fourth-order valence-corrected chi connectivity index (χ4v) is 3.75. The van der Waals surface area contributed by atoms with Gasteiger partial charge in [0.2, 0.25) is 5.95 Å². The van der Waals surface area contributed by atoms with Crippen LogP contribution in [0.3, 0.4) is 0 Å². The molecule has 2 amide bonds. The Balaban J connectivity index is 1.55. The number of para-hydroxylation sites is 2. The van der Waals surface area contributed by atoms with Crippen molar-refractivity contribution >= 4 is 45.8 Å². The Morgan fingerprint density at radius 2 is 1.86 bits per heavy atom. The van der Waals surface area contributed by atoms with E-state index in [4.69, 9.17) is 0 Å². The molecule has 0 saturated carbocycles. The van der Waals surface area contributed by atoms with Crippen LogP contribution >= 0.6 is 11.3 Å². The number of rotatable bonds is 6. The minimum atomic E-state index is -0.273. The second-order valence-corrected chi connectivity index (χ2v) is 7.49. The molecule has 7 heteroatoms. The van der Waals surface area contributed by atoms with Gasteiger partial charge in [-0.25, -0.2) is 4.98 Å². The van der Waals surface area contributed by atoms with Gasteiger partial charge in [-0.2, -0.15) is 0 Å². The smallest absolute Gasteiger partial charge is 0.265 e. The summed E-state index contributed by atoms with van der Waals surface area (Å²) in [5, 5.41) is 7.59. The molecule has 0 fully saturated rings. The van der Waals surface area contributed by atoms with Crippen LogP contribution in [-0.2, 0) is 6.54 Å². The van der Waals surface area contributed by atoms with E-state index in [-0.39, 0.29) is 11.8 Å². The Bertz CT molecular complexity index is 1160. The number of amides is 2. The quantitative estimate of drug-likeness (QED) is 0.474. The number of aryl methyl sites for hydroxylation is 1. The molecule has 0 saturated heterocycles. The number of carbonyl (C=O) groups excluding carboxylic acids is 2. The van der Waals surface area contributed by atoms with Crippen LogP contribution in [0.5, 0.6) is 0 Å². The lowest BCUT2D eigenvalue weighted by atomic mass is 10.2. The van der Waals surface area contributed by atoms with Crippen LogP contribution in [0.2, 0.25) is 0 Å². The molecule has 0 aliphatic rings. The Labute approximate surface area is 172 Å². The summed E-state index contributed by atoms with van der Waals surface area (Å²) in [5.41, 5.74) is 2.84. The van der Waals surface area contributed by atoms with Crippen LogP contribution in [0, 0.1) is 0 Å². The van der Waals surface area contributed by atoms with Crippen molar-refractivity contribution in [3.63, 3.8) is 0 Å². The maximum absolute atomic E-state index is 12.8. The third kappa shape index (κ3) is 4.05. The van der Waals surface area contributed by atoms with Crippen LogP contribution in [0.1, 0.15) is 33.4 Å². The standard InChI is InChI=1S/C22H20N4O2S/c1-2-12-26-18-10-4-3-9-17(18)24-22(26)25-20(27)15-7-5-8-16(14-15)23-21(28)19-11-6-13-29-19/h3-11,13-14H,2,12H2,1H3,(H,23,28)(H,24,25,27). The third-order valence-corrected chi connectivity index (χ3v) is 5.32. The lowest BCUT2D eigenvalue weighted by Gasteiger charge is -2.10. The zero-order valence-electron chi connectivity index (χ0n) is 15.9. The van der Waals surface area contributed by atoms with Crippen LogP contribution < -0.4 is 10.6 Å². The number of nitrogens with one attached hydrogen (secondary N) is 2. The summed E-state index contributed by atoms with van der Waals surface area (Å²) in [6, 6.07) is 18.3. The highest BCUT2D eigenvalue weighted by molar-refractivity contribution is 7.12. The monoisotopic (exact) mass is 404 g/mol. The first-order chi connectivity index (χ1) is 14.2. The summed E-state index contributed by atoms with van der Waals surface area (Å²) in [7, 11) is 0. The number of aromatic nitrogens is 2. The van der Waals surface area contributed by atoms with E-state index in [1.807, 2.05) is 40.3 Å². The topological polar surface area (TPSA) is 76.0 Å². The third-order valence-electron chi connectivity index (χ3n) is 4.45. The predicted octanol–water partition coefficient (Wildman–Crippen LogP) is 5.01. The number of anilines is 2. The van der Waals surface area contributed by atoms with Crippen molar-refractivity contribution in [3.05, 3.63) is 76.5 Å². The highest BCUT2D eigenvalue weighted by Crippen LogP contribution is 2.21. The number of nitrogens with zero attached hydrogens (tertiary/aromatic N) is 2. The minimum Gasteiger partial charge on any atom is -0.321 e. The van der Waals surface area contributed by atoms with Gasteiger partial charge in [-0.1, -0.05) is 31.2 Å². The molecule has 2 N–H and O–H groups in total. The van der Waals surface area contributed by atoms with Gasteiger partial charge in [-0.3, -0.25) is 14.9 Å². The van der Waals surface area contributed by atoms with Gasteiger partial charge >= 0.3 is 0 Å². The number of thiophene rings is 1. The minimum absolute atomic E-state index is 0.192. The van der Waals surface area contributed by atoms with Crippen LogP contribution in [-0.4, -0.2) is 21.4 Å². The molecule has 0 aliphatic carbocycles. The average Bonchev–Trinajstić information content (AvgIpc) is 3.38. The Kier molecular flexibility index (Phi) is 5.39. The van der Waals surface area contributed by atoms with Crippen LogP contribution in [0.4, 0.5) is 11.6 Å². The van der Waals surface area contributed by atoms with E-state index >= 15 is 0 Å². The van der Waals surface area contributed by atoms with Gasteiger partial charge in [0.15, 0.2) is 0 Å². The van der Waals surface area contributed by atoms with E-state index < -0.39 is 0 Å². The van der Waals surface area contributed by atoms with Crippen molar-refractivity contribution in [1.29, 1.82) is 0 Å². The van der Waals surface area contributed by atoms with Crippen molar-refractivity contribution in [3.8, 4) is 0 Å². The SMILES string of the molecule is CCCn1c(NC(=O)c2cccc(NC(=O)c3cccs3)c2)nc2ccccc21. The van der Waals surface area contributed by atoms with Gasteiger partial charge in [0.1, 0.15) is 0 Å². The molecule has 29 heavy (non-hydrogen) atoms. The highest BCUT2D eigenvalue weighted by atomic mass is 32.1. The van der Waals surface area contributed by atoms with Crippen LogP contribution in [0.15, 0.2) is 66.0 Å². The Morgan fingerprint density at radius 3 is 2.66 bits per heavy atom. The summed E-state index contributed by atoms with van der Waals surface area (Å²) in [6.45, 7) is 2.84. The number of hydrogen-bond donors (Lipinski definition) is 2. The van der Waals surface area contributed by atoms with E-state index in [9.17, 15) is 9.59 Å². The zero-order chi connectivity index (χ0) is 20.2. The molecular formula is C22H20N4O2S. The van der Waals surface area contributed by atoms with Gasteiger partial charge in [0, 0.05) is 17.8 Å². The van der Waals surface area contributed by atoms with E-state index in [0.717, 1.165) is 24.0 Å². The first kappa shape index (κ1) is 18.9. The summed E-state index contributed by atoms with van der Waals surface area (Å²) in [6.07, 6.45) is 0.924. The summed E-state index contributed by atoms with van der Waals surface area (Å²) < 4.78 is 2.01. The molecule has 2 heterocycles. The maximum Gasteiger partial charge on any atom is 0.265 e. The van der Waals surface area contributed by atoms with E-state index in [1.54, 1.807) is 30.3 Å². The molecule has 0 aliphatic heterocycles. The van der Waals surface area contributed by atoms with E-state index in [1.165, 1.54) is 11.3 Å². The second-order valence-electron chi connectivity index (χ2n) is 6.54. The molecule has 0 atom stereocenters. The van der Waals surface area contributed by atoms with Gasteiger partial charge in [-0.05, 0) is 48.2 Å². The largest absolute Gasteiger partial charge is 0.321 e. The normalized spacial score (nSPS) is 10.8. The molecule has 0 radical (unpaired) electrons. The Hall–Kier alpha value is -3.45. The fourth-order valence-electron chi connectivity index (χ4n) is 3.13. The molecule has 4 rings (SSSR count). The first-order valence-electron chi connectivity index (χ1n) is 9.37. The molecule has 4 aromatic rings. The van der Waals surface area contributed by atoms with Crippen molar-refractivity contribution in [2.45, 2.75) is 19.9 Å². The highest BCUT2D eigenvalue weighted by Gasteiger charge is 2.15. The number of fused-ring (bicyclic) bond motifs is 1. The van der Waals surface area contributed by atoms with Crippen molar-refractivity contribution in [1.82, 2.24) is 9.55 Å². The van der Waals surface area contributed by atoms with Crippen molar-refractivity contribution in [2.24, 2.45) is 0 Å². The molecule has 2 aromatic carbocycles. The number of benzene rings is 2. The van der Waals surface area contributed by atoms with Gasteiger partial charge in [0.25, 0.3) is 11.8 Å². The summed E-state index contributed by atoms with van der Waals surface area (Å²) >= 11 is 1.37. The number of imidazole rings is 1. The number of carbonyl (C=O) groups is 2. The average molecular weight is 404 g/mol. The second kappa shape index (κ2) is 8.28. The van der Waals surface area contributed by atoms with E-state index in [2.05, 4.69) is 22.5 Å². The molecule has 0 bridgehead atoms. The molecule has 2 aromatic heterocycles. The fraction of sp³-hybridized carbons (Fsp3) is 0.136. The molecule has 0 spiro atoms. The predicted molar refractivity (Wildman–Crippen MR) is 117 cm³/mol. The molecule has 146 valence electrons. The molecule has 0 unspecified atom stereocenters. The zero-order valence-corrected chi connectivity index (χ0v) is 16.7. The first-order valence-corrected chi connectivity index (χ1v) is 10.2. The van der Waals surface area contributed by atoms with Crippen molar-refractivity contribution < 1.29 is 9.59 Å². The van der Waals surface area contributed by atoms with Gasteiger partial charge in [-0.15, -0.1) is 11.3 Å². The number of hydrogen-bond acceptors (Lipinski definition) is 4. The molecular weight excluding hydrogens is 384 g/mol. The lowest BCUT2D eigenvalue weighted by Crippen LogP contribution is -2.17. The summed E-state index contributed by atoms with van der Waals surface area (Å²) in [4.78, 5) is 30.3. The Morgan fingerprint density at radius 1 is 1.00 bits per heavy atom. The van der Waals surface area contributed by atoms with Gasteiger partial charge < -0.3 is 9.88 Å². The van der Waals surface area contributed by atoms with E-state index in [0.29, 0.717) is 22.1 Å². The lowest BCUT2D eigenvalue weighted by molar-refractivity contribution is 0.101. The van der Waals surface area contributed by atoms with Crippen LogP contribution in [0.25, 0.3) is 11.0 Å². The molecule has 6 nitrogen and oxygen atoms in total. The summed E-state index contributed by atoms with van der Waals surface area (Å²) in [5.74, 6) is 0.0539. The van der Waals surface area contributed by atoms with Crippen molar-refractivity contribution in [2.75, 3.05) is 10.6 Å².